The summed E-state index contributed by atoms with van der Waals surface area (Å²) in [4.78, 5) is 0. The van der Waals surface area contributed by atoms with E-state index in [1.54, 1.807) is 0 Å². The van der Waals surface area contributed by atoms with E-state index in [2.05, 4.69) is 20.0 Å². The van der Waals surface area contributed by atoms with Crippen molar-refractivity contribution in [2.45, 2.75) is 0 Å². The maximum atomic E-state index is 4.99. The van der Waals surface area contributed by atoms with Crippen molar-refractivity contribution in [1.29, 1.82) is 0 Å². The van der Waals surface area contributed by atoms with Crippen molar-refractivity contribution in [1.82, 2.24) is 20.0 Å². The molecule has 0 fully saturated rings. The summed E-state index contributed by atoms with van der Waals surface area (Å²) in [6.07, 6.45) is 0. The zero-order valence-corrected chi connectivity index (χ0v) is 9.89. The summed E-state index contributed by atoms with van der Waals surface area (Å²) >= 11 is 1.39. The van der Waals surface area contributed by atoms with Crippen LogP contribution in [-0.2, 0) is 0 Å². The number of aromatic nitrogens is 4. The van der Waals surface area contributed by atoms with Gasteiger partial charge in [0.1, 0.15) is 11.0 Å². The maximum absolute atomic E-state index is 4.99. The fourth-order valence-electron chi connectivity index (χ4n) is 1.99. The molecule has 5 nitrogen and oxygen atoms in total. The van der Waals surface area contributed by atoms with Crippen molar-refractivity contribution in [3.05, 3.63) is 36.4 Å². The third kappa shape index (κ3) is 1.32. The number of hydrogen-bond acceptors (Lipinski definition) is 6. The van der Waals surface area contributed by atoms with Gasteiger partial charge >= 0.3 is 0 Å². The van der Waals surface area contributed by atoms with Gasteiger partial charge in [0.05, 0.1) is 4.70 Å². The second-order valence-corrected chi connectivity index (χ2v) is 4.67. The summed E-state index contributed by atoms with van der Waals surface area (Å²) in [5.74, 6) is 0. The van der Waals surface area contributed by atoms with E-state index in [0.29, 0.717) is 5.58 Å². The Morgan fingerprint density at radius 2 is 2.06 bits per heavy atom. The van der Waals surface area contributed by atoms with Gasteiger partial charge in [-0.25, -0.2) is 0 Å². The van der Waals surface area contributed by atoms with Crippen LogP contribution in [0.15, 0.2) is 40.9 Å². The van der Waals surface area contributed by atoms with Crippen LogP contribution in [0.4, 0.5) is 0 Å². The molecule has 0 N–H and O–H groups in total. The molecule has 0 spiro atoms. The van der Waals surface area contributed by atoms with Crippen LogP contribution < -0.4 is 0 Å². The number of benzene rings is 2. The Hall–Kier alpha value is -2.34. The average molecular weight is 254 g/mol. The van der Waals surface area contributed by atoms with E-state index in [4.69, 9.17) is 4.52 Å². The van der Waals surface area contributed by atoms with Crippen molar-refractivity contribution < 1.29 is 4.52 Å². The summed E-state index contributed by atoms with van der Waals surface area (Å²) in [5, 5.41) is 11.6. The molecule has 4 rings (SSSR count). The molecule has 2 aromatic carbocycles. The molecule has 18 heavy (non-hydrogen) atoms. The molecular formula is C12H6N4OS. The van der Waals surface area contributed by atoms with Crippen molar-refractivity contribution in [2.75, 3.05) is 0 Å². The van der Waals surface area contributed by atoms with Crippen LogP contribution in [-0.4, -0.2) is 20.0 Å². The lowest BCUT2D eigenvalue weighted by Gasteiger charge is -2.01. The van der Waals surface area contributed by atoms with Gasteiger partial charge in [-0.2, -0.15) is 0 Å². The first kappa shape index (κ1) is 9.67. The van der Waals surface area contributed by atoms with Crippen molar-refractivity contribution in [3.8, 4) is 11.1 Å². The molecule has 0 amide bonds. The average Bonchev–Trinajstić information content (AvgIpc) is 3.05. The Kier molecular flexibility index (Phi) is 1.92. The van der Waals surface area contributed by atoms with Crippen molar-refractivity contribution >= 4 is 32.8 Å². The number of nitrogens with zero attached hydrogens (tertiary/aromatic N) is 4. The zero-order valence-electron chi connectivity index (χ0n) is 9.07. The van der Waals surface area contributed by atoms with Crippen LogP contribution in [0.25, 0.3) is 32.4 Å². The van der Waals surface area contributed by atoms with Crippen LogP contribution in [0, 0.1) is 0 Å². The molecule has 0 aliphatic rings. The summed E-state index contributed by atoms with van der Waals surface area (Å²) in [6.45, 7) is 0. The Morgan fingerprint density at radius 3 is 3.06 bits per heavy atom. The molecule has 86 valence electrons. The van der Waals surface area contributed by atoms with E-state index < -0.39 is 0 Å². The highest BCUT2D eigenvalue weighted by Gasteiger charge is 2.09. The topological polar surface area (TPSA) is 64.7 Å². The molecule has 0 aliphatic heterocycles. The summed E-state index contributed by atoms with van der Waals surface area (Å²) < 4.78 is 10.1. The first-order valence-corrected chi connectivity index (χ1v) is 6.13. The normalized spacial score (nSPS) is 11.3. The first-order valence-electron chi connectivity index (χ1n) is 5.35. The molecular weight excluding hydrogens is 248 g/mol. The fraction of sp³-hybridized carbons (Fsp3) is 0. The highest BCUT2D eigenvalue weighted by Crippen LogP contribution is 2.30. The SMILES string of the molecule is c1cc(-c2ccc3onnc3c2)c2nnsc2c1. The predicted molar refractivity (Wildman–Crippen MR) is 68.2 cm³/mol. The Labute approximate surface area is 105 Å². The van der Waals surface area contributed by atoms with Crippen molar-refractivity contribution in [2.24, 2.45) is 0 Å². The van der Waals surface area contributed by atoms with Gasteiger partial charge in [-0.3, -0.25) is 0 Å². The monoisotopic (exact) mass is 254 g/mol. The molecule has 6 heteroatoms. The Morgan fingerprint density at radius 1 is 1.06 bits per heavy atom. The molecule has 0 aliphatic carbocycles. The molecule has 2 heterocycles. The fourth-order valence-corrected chi connectivity index (χ4v) is 2.57. The highest BCUT2D eigenvalue weighted by atomic mass is 32.1. The van der Waals surface area contributed by atoms with Gasteiger partial charge < -0.3 is 4.52 Å². The van der Waals surface area contributed by atoms with Gasteiger partial charge in [-0.1, -0.05) is 22.7 Å². The minimum Gasteiger partial charge on any atom is -0.337 e. The van der Waals surface area contributed by atoms with Gasteiger partial charge in [0.15, 0.2) is 5.58 Å². The Bertz CT molecular complexity index is 851. The summed E-state index contributed by atoms with van der Waals surface area (Å²) in [6, 6.07) is 11.8. The van der Waals surface area contributed by atoms with Crippen LogP contribution in [0.2, 0.25) is 0 Å². The molecule has 0 unspecified atom stereocenters. The Balaban J connectivity index is 2.03. The molecule has 2 aromatic heterocycles. The minimum atomic E-state index is 0.683. The third-order valence-electron chi connectivity index (χ3n) is 2.84. The molecule has 0 saturated heterocycles. The van der Waals surface area contributed by atoms with Crippen LogP contribution in [0.5, 0.6) is 0 Å². The van der Waals surface area contributed by atoms with Gasteiger partial charge in [0, 0.05) is 10.8 Å². The maximum Gasteiger partial charge on any atom is 0.187 e. The zero-order chi connectivity index (χ0) is 11.9. The highest BCUT2D eigenvalue weighted by molar-refractivity contribution is 7.13. The van der Waals surface area contributed by atoms with Gasteiger partial charge in [-0.15, -0.1) is 10.2 Å². The number of hydrogen-bond donors (Lipinski definition) is 0. The number of rotatable bonds is 1. The van der Waals surface area contributed by atoms with Crippen LogP contribution in [0.3, 0.4) is 0 Å². The molecule has 0 saturated carbocycles. The lowest BCUT2D eigenvalue weighted by atomic mass is 10.0. The van der Waals surface area contributed by atoms with E-state index in [1.807, 2.05) is 36.4 Å². The molecule has 0 atom stereocenters. The molecule has 0 bridgehead atoms. The lowest BCUT2D eigenvalue weighted by Crippen LogP contribution is -1.81. The van der Waals surface area contributed by atoms with Gasteiger partial charge in [0.2, 0.25) is 0 Å². The molecule has 4 aromatic rings. The second kappa shape index (κ2) is 3.58. The predicted octanol–water partition coefficient (Wildman–Crippen LogP) is 2.89. The summed E-state index contributed by atoms with van der Waals surface area (Å²) in [7, 11) is 0. The molecule has 0 radical (unpaired) electrons. The van der Waals surface area contributed by atoms with Gasteiger partial charge in [0.25, 0.3) is 0 Å². The van der Waals surface area contributed by atoms with E-state index in [9.17, 15) is 0 Å². The van der Waals surface area contributed by atoms with Crippen LogP contribution >= 0.6 is 11.5 Å². The number of fused-ring (bicyclic) bond motifs is 2. The quantitative estimate of drug-likeness (QED) is 0.522. The smallest absolute Gasteiger partial charge is 0.187 e. The van der Waals surface area contributed by atoms with Crippen LogP contribution in [0.1, 0.15) is 0 Å². The van der Waals surface area contributed by atoms with E-state index in [-0.39, 0.29) is 0 Å². The lowest BCUT2D eigenvalue weighted by molar-refractivity contribution is 0.424. The second-order valence-electron chi connectivity index (χ2n) is 3.88. The minimum absolute atomic E-state index is 0.683. The van der Waals surface area contributed by atoms with Crippen molar-refractivity contribution in [3.63, 3.8) is 0 Å². The summed E-state index contributed by atoms with van der Waals surface area (Å²) in [5.41, 5.74) is 4.43. The standard InChI is InChI=1S/C12H6N4OS/c1-2-8(12-11(3-1)18-16-14-12)7-4-5-10-9(6-7)13-15-17-10/h1-6H. The largest absolute Gasteiger partial charge is 0.337 e. The van der Waals surface area contributed by atoms with E-state index >= 15 is 0 Å². The third-order valence-corrected chi connectivity index (χ3v) is 3.53. The van der Waals surface area contributed by atoms with E-state index in [1.165, 1.54) is 11.5 Å². The van der Waals surface area contributed by atoms with E-state index in [0.717, 1.165) is 26.9 Å². The van der Waals surface area contributed by atoms with Gasteiger partial charge in [-0.05, 0) is 35.3 Å². The first-order chi connectivity index (χ1) is 8.92.